The molecule has 1 fully saturated rings. The summed E-state index contributed by atoms with van der Waals surface area (Å²) in [5.41, 5.74) is 0. The fourth-order valence-electron chi connectivity index (χ4n) is 1.99. The van der Waals surface area contributed by atoms with Gasteiger partial charge in [0.1, 0.15) is 6.26 Å². The number of carbonyl (C=O) groups is 2. The van der Waals surface area contributed by atoms with Crippen LogP contribution < -0.4 is 4.90 Å². The summed E-state index contributed by atoms with van der Waals surface area (Å²) >= 11 is 0. The average Bonchev–Trinajstić information content (AvgIpc) is 2.70. The monoisotopic (exact) mass is 224 g/mol. The number of nitrogens with zero attached hydrogens (tertiary/aromatic N) is 2. The number of carboxylic acid groups (broad SMARTS) is 1. The van der Waals surface area contributed by atoms with Crippen molar-refractivity contribution in [3.05, 3.63) is 12.5 Å². The third-order valence-corrected chi connectivity index (χ3v) is 2.87. The number of aromatic nitrogens is 1. The summed E-state index contributed by atoms with van der Waals surface area (Å²) < 4.78 is 5.04. The van der Waals surface area contributed by atoms with Gasteiger partial charge in [0.25, 0.3) is 0 Å². The lowest BCUT2D eigenvalue weighted by molar-refractivity contribution is -0.143. The highest BCUT2D eigenvalue weighted by Crippen LogP contribution is 2.28. The van der Waals surface area contributed by atoms with Gasteiger partial charge in [0.2, 0.25) is 5.91 Å². The van der Waals surface area contributed by atoms with Crippen molar-refractivity contribution in [2.24, 2.45) is 5.92 Å². The van der Waals surface area contributed by atoms with Crippen molar-refractivity contribution in [3.8, 4) is 0 Å². The topological polar surface area (TPSA) is 83.6 Å². The van der Waals surface area contributed by atoms with Crippen LogP contribution in [-0.4, -0.2) is 28.0 Å². The third kappa shape index (κ3) is 1.66. The maximum absolute atomic E-state index is 11.7. The molecule has 0 unspecified atom stereocenters. The summed E-state index contributed by atoms with van der Waals surface area (Å²) in [6.45, 7) is 1.69. The van der Waals surface area contributed by atoms with Gasteiger partial charge in [0.05, 0.1) is 18.2 Å². The van der Waals surface area contributed by atoms with Gasteiger partial charge in [-0.15, -0.1) is 0 Å². The van der Waals surface area contributed by atoms with E-state index in [1.165, 1.54) is 17.4 Å². The molecule has 2 atom stereocenters. The van der Waals surface area contributed by atoms with Crippen LogP contribution >= 0.6 is 0 Å². The van der Waals surface area contributed by atoms with Gasteiger partial charge in [-0.3, -0.25) is 14.5 Å². The molecule has 6 nitrogen and oxygen atoms in total. The second-order valence-electron chi connectivity index (χ2n) is 3.80. The molecular weight excluding hydrogens is 212 g/mol. The Kier molecular flexibility index (Phi) is 2.64. The second kappa shape index (κ2) is 3.96. The molecule has 0 spiro atoms. The molecule has 0 aliphatic carbocycles. The summed E-state index contributed by atoms with van der Waals surface area (Å²) in [4.78, 5) is 27.9. The number of carboxylic acids is 1. The molecule has 0 aromatic carbocycles. The highest BCUT2D eigenvalue weighted by atomic mass is 16.4. The first kappa shape index (κ1) is 10.7. The van der Waals surface area contributed by atoms with Crippen molar-refractivity contribution in [1.29, 1.82) is 0 Å². The van der Waals surface area contributed by atoms with Gasteiger partial charge in [-0.25, -0.2) is 4.98 Å². The van der Waals surface area contributed by atoms with Crippen LogP contribution in [0.2, 0.25) is 0 Å². The lowest BCUT2D eigenvalue weighted by Crippen LogP contribution is -2.49. The molecule has 1 amide bonds. The van der Waals surface area contributed by atoms with E-state index in [0.717, 1.165) is 0 Å². The normalized spacial score (nSPS) is 25.8. The zero-order valence-corrected chi connectivity index (χ0v) is 8.79. The summed E-state index contributed by atoms with van der Waals surface area (Å²) in [6.07, 6.45) is 3.37. The first-order chi connectivity index (χ1) is 7.61. The summed E-state index contributed by atoms with van der Waals surface area (Å²) in [5.74, 6) is -1.60. The minimum absolute atomic E-state index is 0.146. The fraction of sp³-hybridized carbons (Fsp3) is 0.500. The molecule has 0 bridgehead atoms. The molecule has 1 saturated heterocycles. The first-order valence-corrected chi connectivity index (χ1v) is 5.05. The highest BCUT2D eigenvalue weighted by Gasteiger charge is 2.39. The van der Waals surface area contributed by atoms with Crippen molar-refractivity contribution in [2.75, 3.05) is 4.90 Å². The van der Waals surface area contributed by atoms with E-state index in [4.69, 9.17) is 9.52 Å². The molecule has 86 valence electrons. The Hall–Kier alpha value is -1.85. The minimum atomic E-state index is -0.892. The van der Waals surface area contributed by atoms with Crippen LogP contribution in [0, 0.1) is 5.92 Å². The minimum Gasteiger partial charge on any atom is -0.481 e. The predicted octanol–water partition coefficient (Wildman–Crippen LogP) is 0.891. The number of hydrogen-bond donors (Lipinski definition) is 1. The number of carbonyl (C=O) groups excluding carboxylic acids is 1. The number of anilines is 1. The summed E-state index contributed by atoms with van der Waals surface area (Å²) in [7, 11) is 0. The van der Waals surface area contributed by atoms with Crippen molar-refractivity contribution in [1.82, 2.24) is 4.98 Å². The van der Waals surface area contributed by atoms with E-state index >= 15 is 0 Å². The molecule has 16 heavy (non-hydrogen) atoms. The van der Waals surface area contributed by atoms with E-state index in [1.807, 2.05) is 0 Å². The first-order valence-electron chi connectivity index (χ1n) is 5.05. The smallest absolute Gasteiger partial charge is 0.308 e. The van der Waals surface area contributed by atoms with Crippen molar-refractivity contribution in [2.45, 2.75) is 25.8 Å². The Bertz CT molecular complexity index is 401. The standard InChI is InChI=1S/C10H12N2O4/c1-6-7(9(14)15)2-3-8(13)12(6)10-11-4-5-16-10/h4-7H,2-3H2,1H3,(H,14,15)/t6-,7+/m1/s1. The number of hydrogen-bond acceptors (Lipinski definition) is 4. The second-order valence-corrected chi connectivity index (χ2v) is 3.80. The predicted molar refractivity (Wildman–Crippen MR) is 53.8 cm³/mol. The molecule has 1 aliphatic heterocycles. The van der Waals surface area contributed by atoms with E-state index in [2.05, 4.69) is 4.98 Å². The van der Waals surface area contributed by atoms with Gasteiger partial charge in [0.15, 0.2) is 0 Å². The number of aliphatic carboxylic acids is 1. The van der Waals surface area contributed by atoms with Gasteiger partial charge < -0.3 is 9.52 Å². The largest absolute Gasteiger partial charge is 0.481 e. The molecule has 2 heterocycles. The van der Waals surface area contributed by atoms with Crippen LogP contribution in [0.4, 0.5) is 6.01 Å². The van der Waals surface area contributed by atoms with E-state index < -0.39 is 17.9 Å². The Balaban J connectivity index is 2.28. The summed E-state index contributed by atoms with van der Waals surface area (Å²) in [5, 5.41) is 9.02. The SMILES string of the molecule is C[C@@H]1[C@@H](C(=O)O)CCC(=O)N1c1ncco1. The average molecular weight is 224 g/mol. The molecule has 1 aliphatic rings. The van der Waals surface area contributed by atoms with Crippen molar-refractivity contribution >= 4 is 17.9 Å². The maximum atomic E-state index is 11.7. The number of amides is 1. The Morgan fingerprint density at radius 2 is 2.44 bits per heavy atom. The van der Waals surface area contributed by atoms with Crippen LogP contribution in [0.1, 0.15) is 19.8 Å². The van der Waals surface area contributed by atoms with Crippen molar-refractivity contribution in [3.63, 3.8) is 0 Å². The van der Waals surface area contributed by atoms with Gasteiger partial charge in [0, 0.05) is 6.42 Å². The van der Waals surface area contributed by atoms with Crippen LogP contribution in [0.5, 0.6) is 0 Å². The molecule has 6 heteroatoms. The number of piperidine rings is 1. The molecule has 1 N–H and O–H groups in total. The number of oxazole rings is 1. The van der Waals surface area contributed by atoms with Gasteiger partial charge in [-0.2, -0.15) is 0 Å². The quantitative estimate of drug-likeness (QED) is 0.806. The van der Waals surface area contributed by atoms with Crippen LogP contribution in [0.15, 0.2) is 16.9 Å². The van der Waals surface area contributed by atoms with E-state index in [0.29, 0.717) is 6.42 Å². The zero-order chi connectivity index (χ0) is 11.7. The summed E-state index contributed by atoms with van der Waals surface area (Å²) in [6, 6.07) is -0.263. The third-order valence-electron chi connectivity index (χ3n) is 2.87. The van der Waals surface area contributed by atoms with Gasteiger partial charge >= 0.3 is 12.0 Å². The van der Waals surface area contributed by atoms with Crippen LogP contribution in [0.3, 0.4) is 0 Å². The van der Waals surface area contributed by atoms with Crippen LogP contribution in [0.25, 0.3) is 0 Å². The lowest BCUT2D eigenvalue weighted by Gasteiger charge is -2.34. The van der Waals surface area contributed by atoms with Gasteiger partial charge in [-0.1, -0.05) is 0 Å². The fourth-order valence-corrected chi connectivity index (χ4v) is 1.99. The van der Waals surface area contributed by atoms with E-state index in [1.54, 1.807) is 6.92 Å². The molecule has 2 rings (SSSR count). The highest BCUT2D eigenvalue weighted by molar-refractivity contribution is 5.94. The lowest BCUT2D eigenvalue weighted by atomic mass is 9.90. The molecular formula is C10H12N2O4. The molecule has 0 radical (unpaired) electrons. The maximum Gasteiger partial charge on any atom is 0.308 e. The van der Waals surface area contributed by atoms with Crippen molar-refractivity contribution < 1.29 is 19.1 Å². The van der Waals surface area contributed by atoms with E-state index in [9.17, 15) is 9.59 Å². The Morgan fingerprint density at radius 3 is 3.00 bits per heavy atom. The molecule has 1 aromatic rings. The Labute approximate surface area is 91.9 Å². The van der Waals surface area contributed by atoms with E-state index in [-0.39, 0.29) is 18.3 Å². The Morgan fingerprint density at radius 1 is 1.69 bits per heavy atom. The van der Waals surface area contributed by atoms with Gasteiger partial charge in [-0.05, 0) is 13.3 Å². The zero-order valence-electron chi connectivity index (χ0n) is 8.79. The van der Waals surface area contributed by atoms with Crippen LogP contribution in [-0.2, 0) is 9.59 Å². The molecule has 0 saturated carbocycles. The number of rotatable bonds is 2. The molecule has 1 aromatic heterocycles.